The first-order chi connectivity index (χ1) is 9.65. The minimum absolute atomic E-state index is 0.0365. The molecule has 2 rings (SSSR count). The summed E-state index contributed by atoms with van der Waals surface area (Å²) in [5.74, 6) is -0.716. The van der Waals surface area contributed by atoms with Gasteiger partial charge in [-0.15, -0.1) is 0 Å². The monoisotopic (exact) mass is 276 g/mol. The molecule has 0 saturated carbocycles. The molecule has 1 fully saturated rings. The molecule has 1 unspecified atom stereocenters. The molecule has 1 aliphatic heterocycles. The first-order valence-corrected chi connectivity index (χ1v) is 6.75. The van der Waals surface area contributed by atoms with E-state index in [4.69, 9.17) is 10.00 Å². The van der Waals surface area contributed by atoms with Crippen LogP contribution >= 0.6 is 0 Å². The third kappa shape index (κ3) is 3.14. The molecular formula is C15H17FN2O2. The molecule has 5 heteroatoms. The number of hydrogen-bond donors (Lipinski definition) is 0. The zero-order chi connectivity index (χ0) is 14.5. The van der Waals surface area contributed by atoms with E-state index in [2.05, 4.69) is 0 Å². The molecular weight excluding hydrogens is 259 g/mol. The summed E-state index contributed by atoms with van der Waals surface area (Å²) in [6.45, 7) is 3.50. The molecule has 0 N–H and O–H groups in total. The summed E-state index contributed by atoms with van der Waals surface area (Å²) in [6, 6.07) is 6.08. The third-order valence-corrected chi connectivity index (χ3v) is 3.46. The lowest BCUT2D eigenvalue weighted by Crippen LogP contribution is -2.36. The summed E-state index contributed by atoms with van der Waals surface area (Å²) in [4.78, 5) is 13.9. The number of benzene rings is 1. The van der Waals surface area contributed by atoms with Crippen molar-refractivity contribution >= 4 is 5.97 Å². The predicted octanol–water partition coefficient (Wildman–Crippen LogP) is 2.22. The summed E-state index contributed by atoms with van der Waals surface area (Å²) < 4.78 is 18.3. The quantitative estimate of drug-likeness (QED) is 0.791. The van der Waals surface area contributed by atoms with E-state index in [0.717, 1.165) is 24.9 Å². The molecule has 0 bridgehead atoms. The fourth-order valence-electron chi connectivity index (χ4n) is 2.51. The molecule has 1 aromatic carbocycles. The van der Waals surface area contributed by atoms with Crippen LogP contribution in [0.5, 0.6) is 0 Å². The molecule has 0 radical (unpaired) electrons. The molecule has 0 amide bonds. The maximum absolute atomic E-state index is 13.3. The lowest BCUT2D eigenvalue weighted by Gasteiger charge is -2.22. The van der Waals surface area contributed by atoms with Crippen molar-refractivity contribution in [1.82, 2.24) is 4.90 Å². The Morgan fingerprint density at radius 1 is 1.60 bits per heavy atom. The van der Waals surface area contributed by atoms with E-state index >= 15 is 0 Å². The van der Waals surface area contributed by atoms with Crippen LogP contribution in [0.3, 0.4) is 0 Å². The molecule has 1 saturated heterocycles. The summed E-state index contributed by atoms with van der Waals surface area (Å²) in [5.41, 5.74) is 0.869. The van der Waals surface area contributed by atoms with Crippen LogP contribution in [0.15, 0.2) is 18.2 Å². The van der Waals surface area contributed by atoms with Crippen LogP contribution < -0.4 is 0 Å². The lowest BCUT2D eigenvalue weighted by molar-refractivity contribution is -0.148. The van der Waals surface area contributed by atoms with Gasteiger partial charge in [-0.2, -0.15) is 5.26 Å². The van der Waals surface area contributed by atoms with Gasteiger partial charge in [0.15, 0.2) is 0 Å². The molecule has 1 heterocycles. The van der Waals surface area contributed by atoms with Gasteiger partial charge in [0, 0.05) is 6.54 Å². The zero-order valence-electron chi connectivity index (χ0n) is 11.4. The van der Waals surface area contributed by atoms with E-state index in [1.165, 1.54) is 12.1 Å². The minimum Gasteiger partial charge on any atom is -0.465 e. The number of rotatable bonds is 4. The Balaban J connectivity index is 2.09. The largest absolute Gasteiger partial charge is 0.465 e. The Kier molecular flexibility index (Phi) is 4.70. The highest BCUT2D eigenvalue weighted by Gasteiger charge is 2.31. The number of carbonyl (C=O) groups excluding carboxylic acids is 1. The highest BCUT2D eigenvalue weighted by molar-refractivity contribution is 5.76. The van der Waals surface area contributed by atoms with E-state index in [1.54, 1.807) is 13.0 Å². The Morgan fingerprint density at radius 3 is 3.10 bits per heavy atom. The fourth-order valence-corrected chi connectivity index (χ4v) is 2.51. The first-order valence-electron chi connectivity index (χ1n) is 6.75. The Hall–Kier alpha value is -1.93. The molecule has 1 atom stereocenters. The summed E-state index contributed by atoms with van der Waals surface area (Å²) in [5, 5.41) is 8.84. The number of nitrogens with zero attached hydrogens (tertiary/aromatic N) is 2. The van der Waals surface area contributed by atoms with Gasteiger partial charge >= 0.3 is 5.97 Å². The number of esters is 1. The average Bonchev–Trinajstić information content (AvgIpc) is 2.89. The summed E-state index contributed by atoms with van der Waals surface area (Å²) >= 11 is 0. The number of carbonyl (C=O) groups is 1. The molecule has 4 nitrogen and oxygen atoms in total. The summed E-state index contributed by atoms with van der Waals surface area (Å²) in [7, 11) is 0. The highest BCUT2D eigenvalue weighted by Crippen LogP contribution is 2.22. The number of hydrogen-bond acceptors (Lipinski definition) is 4. The molecule has 0 aromatic heterocycles. The third-order valence-electron chi connectivity index (χ3n) is 3.46. The van der Waals surface area contributed by atoms with Gasteiger partial charge in [-0.05, 0) is 44.0 Å². The van der Waals surface area contributed by atoms with Crippen molar-refractivity contribution in [1.29, 1.82) is 5.26 Å². The van der Waals surface area contributed by atoms with Gasteiger partial charge in [-0.3, -0.25) is 9.69 Å². The van der Waals surface area contributed by atoms with E-state index in [1.807, 2.05) is 11.0 Å². The van der Waals surface area contributed by atoms with Gasteiger partial charge in [-0.1, -0.05) is 6.07 Å². The van der Waals surface area contributed by atoms with Crippen molar-refractivity contribution in [2.24, 2.45) is 0 Å². The van der Waals surface area contributed by atoms with Crippen molar-refractivity contribution in [3.8, 4) is 6.07 Å². The molecule has 0 aliphatic carbocycles. The summed E-state index contributed by atoms with van der Waals surface area (Å²) in [6.07, 6.45) is 1.72. The van der Waals surface area contributed by atoms with Gasteiger partial charge in [0.05, 0.1) is 12.2 Å². The lowest BCUT2D eigenvalue weighted by atomic mass is 10.1. The number of nitriles is 1. The van der Waals surface area contributed by atoms with Crippen molar-refractivity contribution in [3.63, 3.8) is 0 Å². The van der Waals surface area contributed by atoms with Crippen LogP contribution in [0.25, 0.3) is 0 Å². The second kappa shape index (κ2) is 6.49. The molecule has 20 heavy (non-hydrogen) atoms. The first kappa shape index (κ1) is 14.5. The van der Waals surface area contributed by atoms with Crippen LogP contribution in [0.4, 0.5) is 4.39 Å². The van der Waals surface area contributed by atoms with Gasteiger partial charge in [-0.25, -0.2) is 4.39 Å². The predicted molar refractivity (Wildman–Crippen MR) is 71.2 cm³/mol. The van der Waals surface area contributed by atoms with Crippen molar-refractivity contribution in [3.05, 3.63) is 35.1 Å². The maximum Gasteiger partial charge on any atom is 0.323 e. The van der Waals surface area contributed by atoms with Crippen LogP contribution in [-0.4, -0.2) is 30.1 Å². The van der Waals surface area contributed by atoms with Gasteiger partial charge in [0.25, 0.3) is 0 Å². The van der Waals surface area contributed by atoms with Crippen LogP contribution in [-0.2, 0) is 16.1 Å². The van der Waals surface area contributed by atoms with Crippen LogP contribution in [0.1, 0.15) is 30.9 Å². The Bertz CT molecular complexity index is 539. The molecule has 0 spiro atoms. The average molecular weight is 276 g/mol. The molecule has 1 aromatic rings. The van der Waals surface area contributed by atoms with E-state index in [-0.39, 0.29) is 17.6 Å². The number of ether oxygens (including phenoxy) is 1. The second-order valence-corrected chi connectivity index (χ2v) is 4.81. The molecule has 106 valence electrons. The van der Waals surface area contributed by atoms with Crippen molar-refractivity contribution < 1.29 is 13.9 Å². The highest BCUT2D eigenvalue weighted by atomic mass is 19.1. The SMILES string of the molecule is CCOC(=O)C1CCCN1Cc1ccc(F)c(C#N)c1. The van der Waals surface area contributed by atoms with E-state index in [0.29, 0.717) is 13.2 Å². The standard InChI is InChI=1S/C15H17FN2O2/c1-2-20-15(19)14-4-3-7-18(14)10-11-5-6-13(16)12(8-11)9-17/h5-6,8,14H,2-4,7,10H2,1H3. The Labute approximate surface area is 117 Å². The van der Waals surface area contributed by atoms with Crippen molar-refractivity contribution in [2.45, 2.75) is 32.4 Å². The smallest absolute Gasteiger partial charge is 0.323 e. The number of halogens is 1. The normalized spacial score (nSPS) is 18.8. The molecule has 1 aliphatic rings. The van der Waals surface area contributed by atoms with Gasteiger partial charge in [0.1, 0.15) is 17.9 Å². The second-order valence-electron chi connectivity index (χ2n) is 4.81. The van der Waals surface area contributed by atoms with E-state index < -0.39 is 5.82 Å². The topological polar surface area (TPSA) is 53.3 Å². The fraction of sp³-hybridized carbons (Fsp3) is 0.467. The van der Waals surface area contributed by atoms with Crippen molar-refractivity contribution in [2.75, 3.05) is 13.2 Å². The minimum atomic E-state index is -0.514. The number of likely N-dealkylation sites (tertiary alicyclic amines) is 1. The van der Waals surface area contributed by atoms with Crippen LogP contribution in [0, 0.1) is 17.1 Å². The Morgan fingerprint density at radius 2 is 2.40 bits per heavy atom. The van der Waals surface area contributed by atoms with Gasteiger partial charge < -0.3 is 4.74 Å². The maximum atomic E-state index is 13.3. The van der Waals surface area contributed by atoms with Crippen LogP contribution in [0.2, 0.25) is 0 Å². The zero-order valence-corrected chi connectivity index (χ0v) is 11.4. The van der Waals surface area contributed by atoms with Gasteiger partial charge in [0.2, 0.25) is 0 Å². The van der Waals surface area contributed by atoms with E-state index in [9.17, 15) is 9.18 Å².